The highest BCUT2D eigenvalue weighted by Crippen LogP contribution is 2.49. The van der Waals surface area contributed by atoms with Crippen LogP contribution in [0.1, 0.15) is 45.6 Å². The second kappa shape index (κ2) is 11.0. The summed E-state index contributed by atoms with van der Waals surface area (Å²) < 4.78 is 0. The number of benzene rings is 6. The molecule has 6 nitrogen and oxygen atoms in total. The lowest BCUT2D eigenvalue weighted by Gasteiger charge is -2.23. The third-order valence-corrected chi connectivity index (χ3v) is 9.60. The predicted molar refractivity (Wildman–Crippen MR) is 197 cm³/mol. The monoisotopic (exact) mass is 624 g/mol. The fourth-order valence-corrected chi connectivity index (χ4v) is 7.73. The van der Waals surface area contributed by atoms with E-state index in [0.29, 0.717) is 34.9 Å². The first-order valence-corrected chi connectivity index (χ1v) is 16.4. The van der Waals surface area contributed by atoms with Gasteiger partial charge in [-0.1, -0.05) is 48.5 Å². The molecule has 0 aliphatic heterocycles. The Morgan fingerprint density at radius 1 is 0.333 bits per heavy atom. The summed E-state index contributed by atoms with van der Waals surface area (Å²) in [6.07, 6.45) is 0. The molecule has 0 aliphatic carbocycles. The molecule has 0 radical (unpaired) electrons. The molecule has 6 heteroatoms. The predicted octanol–water partition coefficient (Wildman–Crippen LogP) is 10.1. The second-order valence-corrected chi connectivity index (χ2v) is 13.1. The van der Waals surface area contributed by atoms with Gasteiger partial charge in [0.1, 0.15) is 23.3 Å². The molecule has 0 saturated heterocycles. The Balaban J connectivity index is 1.65. The smallest absolute Gasteiger partial charge is 0.163 e. The molecule has 6 aromatic carbocycles. The van der Waals surface area contributed by atoms with Gasteiger partial charge in [-0.05, 0) is 156 Å². The molecule has 234 valence electrons. The maximum Gasteiger partial charge on any atom is 0.163 e. The van der Waals surface area contributed by atoms with Crippen LogP contribution in [-0.2, 0) is 0 Å². The molecule has 2 aromatic heterocycles. The summed E-state index contributed by atoms with van der Waals surface area (Å²) >= 11 is 0. The second-order valence-electron chi connectivity index (χ2n) is 13.1. The molecule has 48 heavy (non-hydrogen) atoms. The van der Waals surface area contributed by atoms with Crippen molar-refractivity contribution in [3.05, 3.63) is 118 Å². The molecular formula is C42H36N6. The minimum absolute atomic E-state index is 0.683. The molecule has 0 atom stereocenters. The number of hydrogen-bond donors (Lipinski definition) is 0. The van der Waals surface area contributed by atoms with Crippen LogP contribution in [0.2, 0.25) is 0 Å². The summed E-state index contributed by atoms with van der Waals surface area (Å²) in [4.78, 5) is 28.5. The van der Waals surface area contributed by atoms with E-state index in [1.807, 2.05) is 27.7 Å². The van der Waals surface area contributed by atoms with Crippen molar-refractivity contribution in [3.8, 4) is 45.0 Å². The van der Waals surface area contributed by atoms with E-state index in [4.69, 9.17) is 19.9 Å². The van der Waals surface area contributed by atoms with Crippen LogP contribution >= 0.6 is 0 Å². The average molecular weight is 625 g/mol. The SMILES string of the molecule is Cc1nc(C)nc(-c2ccc3c(-c4c(C)cccc4C)cc4c(-c5nc(C)nc(C)n5)ccc5c(-c6c(C)cccc6C)cc2c3c45)n1. The minimum atomic E-state index is 0.683. The number of aromatic nitrogens is 6. The van der Waals surface area contributed by atoms with Crippen molar-refractivity contribution in [2.24, 2.45) is 0 Å². The third kappa shape index (κ3) is 4.62. The van der Waals surface area contributed by atoms with Crippen molar-refractivity contribution in [3.63, 3.8) is 0 Å². The molecule has 8 aromatic rings. The summed E-state index contributed by atoms with van der Waals surface area (Å²) in [6, 6.07) is 26.7. The maximum absolute atomic E-state index is 4.87. The first-order valence-electron chi connectivity index (χ1n) is 16.4. The van der Waals surface area contributed by atoms with E-state index >= 15 is 0 Å². The third-order valence-electron chi connectivity index (χ3n) is 9.60. The van der Waals surface area contributed by atoms with Gasteiger partial charge < -0.3 is 0 Å². The van der Waals surface area contributed by atoms with Gasteiger partial charge in [0.2, 0.25) is 0 Å². The molecule has 0 fully saturated rings. The Bertz CT molecular complexity index is 2340. The van der Waals surface area contributed by atoms with Crippen LogP contribution in [0, 0.1) is 55.4 Å². The fourth-order valence-electron chi connectivity index (χ4n) is 7.73. The van der Waals surface area contributed by atoms with Gasteiger partial charge in [-0.25, -0.2) is 29.9 Å². The van der Waals surface area contributed by atoms with Gasteiger partial charge in [0, 0.05) is 11.1 Å². The summed E-state index contributed by atoms with van der Waals surface area (Å²) in [5.74, 6) is 4.19. The van der Waals surface area contributed by atoms with Gasteiger partial charge >= 0.3 is 0 Å². The van der Waals surface area contributed by atoms with E-state index in [9.17, 15) is 0 Å². The van der Waals surface area contributed by atoms with E-state index in [2.05, 4.69) is 110 Å². The lowest BCUT2D eigenvalue weighted by Crippen LogP contribution is -2.02. The van der Waals surface area contributed by atoms with Gasteiger partial charge in [0.15, 0.2) is 11.6 Å². The molecule has 0 bridgehead atoms. The standard InChI is InChI=1S/C42H36N6/c1-21-11-9-12-22(2)37(21)33-19-35-31(41-45-25(5)43-26(6)46-41)18-16-30-34(38-23(3)13-10-14-24(38)4)20-36-32(17-15-29(33)39(36)40(30)35)42-47-27(7)44-28(8)48-42/h9-20H,1-8H3. The highest BCUT2D eigenvalue weighted by atomic mass is 15.0. The van der Waals surface area contributed by atoms with Crippen molar-refractivity contribution in [2.45, 2.75) is 55.4 Å². The summed E-state index contributed by atoms with van der Waals surface area (Å²) in [5, 5.41) is 6.99. The number of rotatable bonds is 4. The zero-order valence-electron chi connectivity index (χ0n) is 28.6. The van der Waals surface area contributed by atoms with Crippen LogP contribution in [0.3, 0.4) is 0 Å². The maximum atomic E-state index is 4.87. The van der Waals surface area contributed by atoms with Crippen molar-refractivity contribution >= 4 is 32.3 Å². The zero-order valence-corrected chi connectivity index (χ0v) is 28.6. The Labute approximate surface area is 280 Å². The molecule has 0 N–H and O–H groups in total. The molecule has 0 spiro atoms. The van der Waals surface area contributed by atoms with Crippen LogP contribution in [-0.4, -0.2) is 29.9 Å². The Morgan fingerprint density at radius 3 is 1.00 bits per heavy atom. The van der Waals surface area contributed by atoms with Gasteiger partial charge in [-0.3, -0.25) is 0 Å². The normalized spacial score (nSPS) is 11.8. The summed E-state index contributed by atoms with van der Waals surface area (Å²) in [6.45, 7) is 16.5. The molecule has 8 rings (SSSR count). The average Bonchev–Trinajstić information content (AvgIpc) is 3.02. The first-order chi connectivity index (χ1) is 23.1. The Kier molecular flexibility index (Phi) is 6.81. The van der Waals surface area contributed by atoms with E-state index in [1.54, 1.807) is 0 Å². The zero-order chi connectivity index (χ0) is 33.4. The lowest BCUT2D eigenvalue weighted by atomic mass is 9.81. The van der Waals surface area contributed by atoms with Crippen LogP contribution < -0.4 is 0 Å². The molecule has 2 heterocycles. The van der Waals surface area contributed by atoms with Gasteiger partial charge in [-0.2, -0.15) is 0 Å². The number of hydrogen-bond acceptors (Lipinski definition) is 6. The van der Waals surface area contributed by atoms with Crippen LogP contribution in [0.4, 0.5) is 0 Å². The van der Waals surface area contributed by atoms with Crippen molar-refractivity contribution in [2.75, 3.05) is 0 Å². The van der Waals surface area contributed by atoms with Crippen molar-refractivity contribution in [1.29, 1.82) is 0 Å². The topological polar surface area (TPSA) is 77.3 Å². The highest BCUT2D eigenvalue weighted by Gasteiger charge is 2.24. The van der Waals surface area contributed by atoms with Gasteiger partial charge in [0.25, 0.3) is 0 Å². The molecule has 0 aliphatic rings. The molecule has 0 unspecified atom stereocenters. The Morgan fingerprint density at radius 2 is 0.667 bits per heavy atom. The van der Waals surface area contributed by atoms with Crippen LogP contribution in [0.15, 0.2) is 72.8 Å². The van der Waals surface area contributed by atoms with Crippen molar-refractivity contribution in [1.82, 2.24) is 29.9 Å². The van der Waals surface area contributed by atoms with E-state index in [0.717, 1.165) is 21.9 Å². The quantitative estimate of drug-likeness (QED) is 0.181. The molecule has 0 amide bonds. The lowest BCUT2D eigenvalue weighted by molar-refractivity contribution is 0.929. The molecule has 0 saturated carbocycles. The van der Waals surface area contributed by atoms with Crippen molar-refractivity contribution < 1.29 is 0 Å². The molecular weight excluding hydrogens is 589 g/mol. The largest absolute Gasteiger partial charge is 0.219 e. The number of nitrogens with zero attached hydrogens (tertiary/aromatic N) is 6. The Hall–Kier alpha value is -5.62. The number of aryl methyl sites for hydroxylation is 8. The van der Waals surface area contributed by atoms with Crippen LogP contribution in [0.25, 0.3) is 77.3 Å². The van der Waals surface area contributed by atoms with E-state index in [1.165, 1.54) is 66.1 Å². The van der Waals surface area contributed by atoms with E-state index in [-0.39, 0.29) is 0 Å². The fraction of sp³-hybridized carbons (Fsp3) is 0.190. The first kappa shape index (κ1) is 29.8. The van der Waals surface area contributed by atoms with Crippen LogP contribution in [0.5, 0.6) is 0 Å². The summed E-state index contributed by atoms with van der Waals surface area (Å²) in [7, 11) is 0. The highest BCUT2D eigenvalue weighted by molar-refractivity contribution is 6.32. The summed E-state index contributed by atoms with van der Waals surface area (Å²) in [5.41, 5.74) is 11.8. The van der Waals surface area contributed by atoms with Gasteiger partial charge in [0.05, 0.1) is 0 Å². The van der Waals surface area contributed by atoms with Gasteiger partial charge in [-0.15, -0.1) is 0 Å². The minimum Gasteiger partial charge on any atom is -0.219 e. The van der Waals surface area contributed by atoms with E-state index < -0.39 is 0 Å².